The van der Waals surface area contributed by atoms with Gasteiger partial charge in [0.1, 0.15) is 5.75 Å². The van der Waals surface area contributed by atoms with Crippen molar-refractivity contribution in [2.75, 3.05) is 24.8 Å². The van der Waals surface area contributed by atoms with Crippen LogP contribution in [-0.2, 0) is 0 Å². The molecule has 1 aromatic carbocycles. The zero-order valence-electron chi connectivity index (χ0n) is 9.92. The van der Waals surface area contributed by atoms with E-state index in [1.54, 1.807) is 13.3 Å². The van der Waals surface area contributed by atoms with Crippen LogP contribution in [0.3, 0.4) is 0 Å². The summed E-state index contributed by atoms with van der Waals surface area (Å²) < 4.78 is 5.32. The molecule has 17 heavy (non-hydrogen) atoms. The second-order valence-electron chi connectivity index (χ2n) is 3.65. The number of anilines is 3. The number of ether oxygens (including phenoxy) is 1. The Bertz CT molecular complexity index is 514. The van der Waals surface area contributed by atoms with E-state index in [1.807, 2.05) is 48.3 Å². The second kappa shape index (κ2) is 4.74. The first-order chi connectivity index (χ1) is 8.24. The molecule has 88 valence electrons. The fraction of sp³-hybridized carbons (Fsp3) is 0.154. The molecular weight excluding hydrogens is 214 g/mol. The molecule has 0 unspecified atom stereocenters. The summed E-state index contributed by atoms with van der Waals surface area (Å²) in [7, 11) is 3.56. The number of methoxy groups -OCH3 is 1. The highest BCUT2D eigenvalue weighted by molar-refractivity contribution is 5.73. The van der Waals surface area contributed by atoms with Crippen molar-refractivity contribution in [3.05, 3.63) is 42.6 Å². The van der Waals surface area contributed by atoms with Crippen molar-refractivity contribution in [1.82, 2.24) is 4.98 Å². The van der Waals surface area contributed by atoms with Crippen molar-refractivity contribution < 1.29 is 4.74 Å². The Kier molecular flexibility index (Phi) is 3.14. The van der Waals surface area contributed by atoms with Gasteiger partial charge in [-0.25, -0.2) is 4.98 Å². The maximum atomic E-state index is 5.91. The first kappa shape index (κ1) is 11.3. The molecule has 4 heteroatoms. The van der Waals surface area contributed by atoms with Crippen LogP contribution in [0.15, 0.2) is 42.6 Å². The lowest BCUT2D eigenvalue weighted by Crippen LogP contribution is -2.14. The molecule has 0 saturated carbocycles. The summed E-state index contributed by atoms with van der Waals surface area (Å²) >= 11 is 0. The highest BCUT2D eigenvalue weighted by Gasteiger charge is 2.12. The Labute approximate surface area is 101 Å². The van der Waals surface area contributed by atoms with E-state index in [1.165, 1.54) is 0 Å². The van der Waals surface area contributed by atoms with Crippen LogP contribution < -0.4 is 15.4 Å². The SMILES string of the molecule is COc1ccccc1N(C)c1ncccc1N. The zero-order valence-corrected chi connectivity index (χ0v) is 9.92. The van der Waals surface area contributed by atoms with Crippen molar-refractivity contribution >= 4 is 17.2 Å². The lowest BCUT2D eigenvalue weighted by molar-refractivity contribution is 0.415. The van der Waals surface area contributed by atoms with Gasteiger partial charge in [0.05, 0.1) is 18.5 Å². The van der Waals surface area contributed by atoms with Crippen molar-refractivity contribution in [1.29, 1.82) is 0 Å². The number of pyridine rings is 1. The number of aromatic nitrogens is 1. The molecule has 0 saturated heterocycles. The average Bonchev–Trinajstić information content (AvgIpc) is 2.38. The molecule has 2 aromatic rings. The number of rotatable bonds is 3. The highest BCUT2D eigenvalue weighted by atomic mass is 16.5. The maximum absolute atomic E-state index is 5.91. The van der Waals surface area contributed by atoms with Gasteiger partial charge in [-0.3, -0.25) is 0 Å². The summed E-state index contributed by atoms with van der Waals surface area (Å²) in [6.07, 6.45) is 1.72. The van der Waals surface area contributed by atoms with E-state index < -0.39 is 0 Å². The van der Waals surface area contributed by atoms with Gasteiger partial charge in [-0.2, -0.15) is 0 Å². The van der Waals surface area contributed by atoms with Crippen molar-refractivity contribution in [3.8, 4) is 5.75 Å². The smallest absolute Gasteiger partial charge is 0.156 e. The van der Waals surface area contributed by atoms with E-state index in [2.05, 4.69) is 4.98 Å². The molecule has 4 nitrogen and oxygen atoms in total. The Hall–Kier alpha value is -2.23. The Morgan fingerprint density at radius 2 is 1.94 bits per heavy atom. The first-order valence-corrected chi connectivity index (χ1v) is 5.31. The number of nitrogens with two attached hydrogens (primary N) is 1. The molecule has 0 spiro atoms. The standard InChI is InChI=1S/C13H15N3O/c1-16(13-10(14)6-5-9-15-13)11-7-3-4-8-12(11)17-2/h3-9H,14H2,1-2H3. The molecule has 2 N–H and O–H groups in total. The third-order valence-electron chi connectivity index (χ3n) is 2.58. The topological polar surface area (TPSA) is 51.4 Å². The number of nitrogens with zero attached hydrogens (tertiary/aromatic N) is 2. The summed E-state index contributed by atoms with van der Waals surface area (Å²) in [6.45, 7) is 0. The fourth-order valence-corrected chi connectivity index (χ4v) is 1.71. The van der Waals surface area contributed by atoms with Gasteiger partial charge in [-0.15, -0.1) is 0 Å². The fourth-order valence-electron chi connectivity index (χ4n) is 1.71. The first-order valence-electron chi connectivity index (χ1n) is 5.31. The summed E-state index contributed by atoms with van der Waals surface area (Å²) in [5.41, 5.74) is 7.48. The van der Waals surface area contributed by atoms with E-state index in [4.69, 9.17) is 10.5 Å². The van der Waals surface area contributed by atoms with Crippen LogP contribution in [0.4, 0.5) is 17.2 Å². The van der Waals surface area contributed by atoms with Crippen LogP contribution in [-0.4, -0.2) is 19.1 Å². The van der Waals surface area contributed by atoms with E-state index in [-0.39, 0.29) is 0 Å². The summed E-state index contributed by atoms with van der Waals surface area (Å²) in [5, 5.41) is 0. The molecule has 2 rings (SSSR count). The lowest BCUT2D eigenvalue weighted by atomic mass is 10.2. The van der Waals surface area contributed by atoms with Crippen molar-refractivity contribution in [3.63, 3.8) is 0 Å². The molecule has 0 atom stereocenters. The number of benzene rings is 1. The molecule has 0 amide bonds. The van der Waals surface area contributed by atoms with Gasteiger partial charge in [-0.1, -0.05) is 12.1 Å². The van der Waals surface area contributed by atoms with Gasteiger partial charge in [0, 0.05) is 13.2 Å². The maximum Gasteiger partial charge on any atom is 0.156 e. The Balaban J connectivity index is 2.44. The average molecular weight is 229 g/mol. The summed E-state index contributed by atoms with van der Waals surface area (Å²) in [6, 6.07) is 11.4. The molecule has 1 aromatic heterocycles. The molecule has 0 fully saturated rings. The molecule has 0 aliphatic rings. The van der Waals surface area contributed by atoms with E-state index in [9.17, 15) is 0 Å². The molecule has 0 radical (unpaired) electrons. The third-order valence-corrected chi connectivity index (χ3v) is 2.58. The highest BCUT2D eigenvalue weighted by Crippen LogP contribution is 2.33. The Morgan fingerprint density at radius 1 is 1.18 bits per heavy atom. The van der Waals surface area contributed by atoms with Crippen LogP contribution in [0.1, 0.15) is 0 Å². The number of hydrogen-bond donors (Lipinski definition) is 1. The van der Waals surface area contributed by atoms with Gasteiger partial charge in [0.25, 0.3) is 0 Å². The minimum atomic E-state index is 0.640. The summed E-state index contributed by atoms with van der Waals surface area (Å²) in [4.78, 5) is 6.19. The van der Waals surface area contributed by atoms with E-state index in [0.29, 0.717) is 5.69 Å². The number of nitrogen functional groups attached to an aromatic ring is 1. The normalized spacial score (nSPS) is 10.0. The van der Waals surface area contributed by atoms with Crippen LogP contribution >= 0.6 is 0 Å². The van der Waals surface area contributed by atoms with Crippen LogP contribution in [0.2, 0.25) is 0 Å². The largest absolute Gasteiger partial charge is 0.495 e. The van der Waals surface area contributed by atoms with Gasteiger partial charge in [0.15, 0.2) is 5.82 Å². The van der Waals surface area contributed by atoms with Crippen molar-refractivity contribution in [2.45, 2.75) is 0 Å². The summed E-state index contributed by atoms with van der Waals surface area (Å²) in [5.74, 6) is 1.51. The predicted molar refractivity (Wildman–Crippen MR) is 69.7 cm³/mol. The Morgan fingerprint density at radius 3 is 2.65 bits per heavy atom. The number of hydrogen-bond acceptors (Lipinski definition) is 4. The second-order valence-corrected chi connectivity index (χ2v) is 3.65. The molecule has 0 aliphatic heterocycles. The third kappa shape index (κ3) is 2.15. The number of para-hydroxylation sites is 2. The zero-order chi connectivity index (χ0) is 12.3. The van der Waals surface area contributed by atoms with E-state index >= 15 is 0 Å². The lowest BCUT2D eigenvalue weighted by Gasteiger charge is -2.21. The molecule has 0 aliphatic carbocycles. The quantitative estimate of drug-likeness (QED) is 0.878. The molecule has 1 heterocycles. The van der Waals surface area contributed by atoms with Crippen LogP contribution in [0.5, 0.6) is 5.75 Å². The van der Waals surface area contributed by atoms with Crippen molar-refractivity contribution in [2.24, 2.45) is 0 Å². The van der Waals surface area contributed by atoms with Gasteiger partial charge >= 0.3 is 0 Å². The van der Waals surface area contributed by atoms with Gasteiger partial charge in [0.2, 0.25) is 0 Å². The minimum absolute atomic E-state index is 0.640. The minimum Gasteiger partial charge on any atom is -0.495 e. The monoisotopic (exact) mass is 229 g/mol. The van der Waals surface area contributed by atoms with Crippen LogP contribution in [0.25, 0.3) is 0 Å². The molecular formula is C13H15N3O. The van der Waals surface area contributed by atoms with Gasteiger partial charge in [-0.05, 0) is 24.3 Å². The van der Waals surface area contributed by atoms with Gasteiger partial charge < -0.3 is 15.4 Å². The van der Waals surface area contributed by atoms with Crippen LogP contribution in [0, 0.1) is 0 Å². The predicted octanol–water partition coefficient (Wildman–Crippen LogP) is 2.44. The molecule has 0 bridgehead atoms. The van der Waals surface area contributed by atoms with E-state index in [0.717, 1.165) is 17.3 Å².